The van der Waals surface area contributed by atoms with Crippen molar-refractivity contribution in [2.45, 2.75) is 6.18 Å². The van der Waals surface area contributed by atoms with E-state index >= 15 is 0 Å². The maximum atomic E-state index is 12.6. The molecule has 1 aromatic carbocycles. The van der Waals surface area contributed by atoms with Crippen LogP contribution in [0.3, 0.4) is 0 Å². The second-order valence-electron chi connectivity index (χ2n) is 3.44. The fraction of sp³-hybridized carbons (Fsp3) is 0.0909. The average molecular weight is 258 g/mol. The largest absolute Gasteiger partial charge is 0.478 e. The molecule has 0 amide bonds. The third kappa shape index (κ3) is 1.83. The molecular formula is C11H5F3O4. The summed E-state index contributed by atoms with van der Waals surface area (Å²) in [7, 11) is 0. The summed E-state index contributed by atoms with van der Waals surface area (Å²) in [6.07, 6.45) is -5.04. The van der Waals surface area contributed by atoms with Crippen LogP contribution >= 0.6 is 0 Å². The van der Waals surface area contributed by atoms with Crippen molar-refractivity contribution in [3.05, 3.63) is 46.0 Å². The van der Waals surface area contributed by atoms with Gasteiger partial charge in [-0.05, 0) is 6.07 Å². The van der Waals surface area contributed by atoms with Crippen molar-refractivity contribution in [1.29, 1.82) is 0 Å². The minimum atomic E-state index is -5.04. The van der Waals surface area contributed by atoms with Crippen molar-refractivity contribution < 1.29 is 27.5 Å². The van der Waals surface area contributed by atoms with Crippen molar-refractivity contribution in [3.63, 3.8) is 0 Å². The lowest BCUT2D eigenvalue weighted by atomic mass is 10.1. The number of halogens is 3. The highest BCUT2D eigenvalue weighted by Crippen LogP contribution is 2.34. The lowest BCUT2D eigenvalue weighted by Crippen LogP contribution is -2.18. The first kappa shape index (κ1) is 12.2. The monoisotopic (exact) mass is 258 g/mol. The van der Waals surface area contributed by atoms with E-state index in [-0.39, 0.29) is 10.8 Å². The second kappa shape index (κ2) is 3.86. The highest BCUT2D eigenvalue weighted by Gasteiger charge is 2.40. The molecule has 0 fully saturated rings. The zero-order chi connectivity index (χ0) is 13.5. The number of aromatic carboxylic acids is 1. The molecule has 0 aliphatic rings. The van der Waals surface area contributed by atoms with Gasteiger partial charge in [0.25, 0.3) is 0 Å². The van der Waals surface area contributed by atoms with E-state index in [0.717, 1.165) is 6.07 Å². The molecule has 0 spiro atoms. The molecule has 94 valence electrons. The van der Waals surface area contributed by atoms with Crippen molar-refractivity contribution in [3.8, 4) is 0 Å². The Labute approximate surface area is 97.3 Å². The van der Waals surface area contributed by atoms with Crippen LogP contribution in [-0.2, 0) is 6.18 Å². The smallest absolute Gasteiger partial charge is 0.450 e. The molecule has 0 radical (unpaired) electrons. The predicted octanol–water partition coefficient (Wildman–Crippen LogP) is 2.51. The average Bonchev–Trinajstić information content (AvgIpc) is 2.27. The highest BCUT2D eigenvalue weighted by atomic mass is 19.4. The van der Waals surface area contributed by atoms with E-state index < -0.39 is 29.1 Å². The van der Waals surface area contributed by atoms with Gasteiger partial charge in [-0.1, -0.05) is 18.2 Å². The van der Waals surface area contributed by atoms with Crippen LogP contribution < -0.4 is 5.63 Å². The van der Waals surface area contributed by atoms with E-state index in [1.54, 1.807) is 0 Å². The number of carboxylic acid groups (broad SMARTS) is 1. The number of hydrogen-bond donors (Lipinski definition) is 1. The van der Waals surface area contributed by atoms with Gasteiger partial charge in [0.1, 0.15) is 5.56 Å². The van der Waals surface area contributed by atoms with Crippen LogP contribution in [0.25, 0.3) is 10.8 Å². The van der Waals surface area contributed by atoms with Gasteiger partial charge in [-0.25, -0.2) is 9.59 Å². The van der Waals surface area contributed by atoms with Gasteiger partial charge in [0, 0.05) is 5.39 Å². The molecule has 0 unspecified atom stereocenters. The minimum absolute atomic E-state index is 0.206. The maximum absolute atomic E-state index is 12.6. The molecule has 4 nitrogen and oxygen atoms in total. The van der Waals surface area contributed by atoms with Gasteiger partial charge in [-0.3, -0.25) is 0 Å². The third-order valence-corrected chi connectivity index (χ3v) is 2.31. The Morgan fingerprint density at radius 3 is 2.22 bits per heavy atom. The topological polar surface area (TPSA) is 67.5 Å². The standard InChI is InChI=1S/C11H5F3O4/c12-11(13,14)8-7(9(15)16)5-3-1-2-4-6(5)10(17)18-8/h1-4H,(H,15,16). The SMILES string of the molecule is O=C(O)c1c(C(F)(F)F)oc(=O)c2ccccc12. The quantitative estimate of drug-likeness (QED) is 0.853. The van der Waals surface area contributed by atoms with Crippen LogP contribution in [0, 0.1) is 0 Å². The molecule has 1 heterocycles. The molecule has 2 rings (SSSR count). The molecule has 0 saturated carbocycles. The zero-order valence-electron chi connectivity index (χ0n) is 8.62. The summed E-state index contributed by atoms with van der Waals surface area (Å²) in [5.41, 5.74) is -2.28. The third-order valence-electron chi connectivity index (χ3n) is 2.31. The van der Waals surface area contributed by atoms with Gasteiger partial charge in [0.05, 0.1) is 5.39 Å². The maximum Gasteiger partial charge on any atom is 0.450 e. The molecule has 1 N–H and O–H groups in total. The van der Waals surface area contributed by atoms with Crippen LogP contribution in [-0.4, -0.2) is 11.1 Å². The first-order valence-corrected chi connectivity index (χ1v) is 4.68. The van der Waals surface area contributed by atoms with E-state index in [4.69, 9.17) is 5.11 Å². The Hall–Kier alpha value is -2.31. The number of benzene rings is 1. The van der Waals surface area contributed by atoms with Gasteiger partial charge < -0.3 is 9.52 Å². The Morgan fingerprint density at radius 1 is 1.17 bits per heavy atom. The minimum Gasteiger partial charge on any atom is -0.478 e. The fourth-order valence-electron chi connectivity index (χ4n) is 1.61. The predicted molar refractivity (Wildman–Crippen MR) is 54.4 cm³/mol. The summed E-state index contributed by atoms with van der Waals surface area (Å²) in [6.45, 7) is 0. The lowest BCUT2D eigenvalue weighted by Gasteiger charge is -2.10. The van der Waals surface area contributed by atoms with Crippen LogP contribution in [0.4, 0.5) is 13.2 Å². The van der Waals surface area contributed by atoms with E-state index in [1.165, 1.54) is 18.2 Å². The van der Waals surface area contributed by atoms with Gasteiger partial charge in [-0.2, -0.15) is 13.2 Å². The van der Waals surface area contributed by atoms with Crippen molar-refractivity contribution in [2.24, 2.45) is 0 Å². The molecule has 18 heavy (non-hydrogen) atoms. The number of alkyl halides is 3. The second-order valence-corrected chi connectivity index (χ2v) is 3.44. The fourth-order valence-corrected chi connectivity index (χ4v) is 1.61. The first-order chi connectivity index (χ1) is 8.32. The number of fused-ring (bicyclic) bond motifs is 1. The van der Waals surface area contributed by atoms with Crippen LogP contribution in [0.5, 0.6) is 0 Å². The molecule has 0 saturated heterocycles. The summed E-state index contributed by atoms with van der Waals surface area (Å²) in [5.74, 6) is -3.60. The van der Waals surface area contributed by atoms with Crippen molar-refractivity contribution in [1.82, 2.24) is 0 Å². The van der Waals surface area contributed by atoms with Gasteiger partial charge in [-0.15, -0.1) is 0 Å². The number of rotatable bonds is 1. The molecule has 0 aliphatic carbocycles. The molecule has 0 bridgehead atoms. The molecule has 1 aromatic heterocycles. The lowest BCUT2D eigenvalue weighted by molar-refractivity contribution is -0.154. The van der Waals surface area contributed by atoms with Gasteiger partial charge in [0.15, 0.2) is 0 Å². The highest BCUT2D eigenvalue weighted by molar-refractivity contribution is 6.03. The summed E-state index contributed by atoms with van der Waals surface area (Å²) < 4.78 is 41.9. The summed E-state index contributed by atoms with van der Waals surface area (Å²) >= 11 is 0. The number of hydrogen-bond acceptors (Lipinski definition) is 3. The number of carbonyl (C=O) groups is 1. The molecule has 2 aromatic rings. The summed E-state index contributed by atoms with van der Waals surface area (Å²) in [6, 6.07) is 5.07. The normalized spacial score (nSPS) is 11.7. The van der Waals surface area contributed by atoms with E-state index in [0.29, 0.717) is 0 Å². The Morgan fingerprint density at radius 2 is 1.72 bits per heavy atom. The van der Waals surface area contributed by atoms with E-state index in [9.17, 15) is 22.8 Å². The molecule has 7 heteroatoms. The summed E-state index contributed by atoms with van der Waals surface area (Å²) in [5, 5.41) is 8.35. The van der Waals surface area contributed by atoms with Crippen molar-refractivity contribution >= 4 is 16.7 Å². The molecule has 0 aliphatic heterocycles. The number of carboxylic acids is 1. The van der Waals surface area contributed by atoms with Gasteiger partial charge in [0.2, 0.25) is 5.76 Å². The first-order valence-electron chi connectivity index (χ1n) is 4.68. The molecule has 0 atom stereocenters. The molecular weight excluding hydrogens is 253 g/mol. The zero-order valence-corrected chi connectivity index (χ0v) is 8.62. The Bertz CT molecular complexity index is 685. The van der Waals surface area contributed by atoms with Gasteiger partial charge >= 0.3 is 17.8 Å². The van der Waals surface area contributed by atoms with Crippen LogP contribution in [0.1, 0.15) is 16.1 Å². The van der Waals surface area contributed by atoms with E-state index in [2.05, 4.69) is 4.42 Å². The Balaban J connectivity index is 3.01. The van der Waals surface area contributed by atoms with Crippen molar-refractivity contribution in [2.75, 3.05) is 0 Å². The van der Waals surface area contributed by atoms with Crippen LogP contribution in [0.15, 0.2) is 33.5 Å². The van der Waals surface area contributed by atoms with E-state index in [1.807, 2.05) is 0 Å². The summed E-state index contributed by atoms with van der Waals surface area (Å²) in [4.78, 5) is 22.3. The van der Waals surface area contributed by atoms with Crippen LogP contribution in [0.2, 0.25) is 0 Å². The Kier molecular flexibility index (Phi) is 2.61.